The second-order valence-corrected chi connectivity index (χ2v) is 9.37. The number of nitrogens with one attached hydrogen (secondary N) is 2. The first-order valence-corrected chi connectivity index (χ1v) is 11.6. The van der Waals surface area contributed by atoms with E-state index in [-0.39, 0.29) is 4.90 Å². The number of benzene rings is 2. The molecule has 9 heteroatoms. The van der Waals surface area contributed by atoms with Crippen molar-refractivity contribution in [1.82, 2.24) is 14.9 Å². The topological polar surface area (TPSA) is 87.7 Å². The maximum Gasteiger partial charge on any atom is 0.241 e. The van der Waals surface area contributed by atoms with E-state index in [0.717, 1.165) is 38.4 Å². The van der Waals surface area contributed by atoms with E-state index >= 15 is 0 Å². The Bertz CT molecular complexity index is 960. The van der Waals surface area contributed by atoms with Crippen molar-refractivity contribution in [3.63, 3.8) is 0 Å². The molecule has 0 aromatic heterocycles. The Morgan fingerprint density at radius 1 is 1.13 bits per heavy atom. The van der Waals surface area contributed by atoms with Crippen molar-refractivity contribution in [3.8, 4) is 0 Å². The first kappa shape index (κ1) is 22.7. The van der Waals surface area contributed by atoms with Crippen LogP contribution in [0.1, 0.15) is 18.1 Å². The van der Waals surface area contributed by atoms with Crippen molar-refractivity contribution in [2.45, 2.75) is 31.0 Å². The molecule has 2 aromatic carbocycles. The molecule has 0 unspecified atom stereocenters. The average Bonchev–Trinajstić information content (AvgIpc) is 2.73. The van der Waals surface area contributed by atoms with E-state index < -0.39 is 22.0 Å². The van der Waals surface area contributed by atoms with Gasteiger partial charge in [0.05, 0.1) is 24.2 Å². The van der Waals surface area contributed by atoms with Crippen LogP contribution in [0.2, 0.25) is 5.02 Å². The largest absolute Gasteiger partial charge is 0.379 e. The third kappa shape index (κ3) is 6.52. The molecule has 1 saturated heterocycles. The lowest BCUT2D eigenvalue weighted by Gasteiger charge is -2.26. The summed E-state index contributed by atoms with van der Waals surface area (Å²) < 4.78 is 32.6. The molecule has 2 N–H and O–H groups in total. The van der Waals surface area contributed by atoms with Crippen LogP contribution in [0.4, 0.5) is 0 Å². The highest BCUT2D eigenvalue weighted by Crippen LogP contribution is 2.14. The predicted molar refractivity (Wildman–Crippen MR) is 116 cm³/mol. The molecule has 3 rings (SSSR count). The summed E-state index contributed by atoms with van der Waals surface area (Å²) in [4.78, 5) is 14.8. The van der Waals surface area contributed by atoms with E-state index in [4.69, 9.17) is 16.3 Å². The number of amides is 1. The molecule has 30 heavy (non-hydrogen) atoms. The molecule has 0 radical (unpaired) electrons. The van der Waals surface area contributed by atoms with E-state index in [9.17, 15) is 13.2 Å². The lowest BCUT2D eigenvalue weighted by Crippen LogP contribution is -2.44. The van der Waals surface area contributed by atoms with Crippen LogP contribution < -0.4 is 10.0 Å². The minimum absolute atomic E-state index is 0.0577. The highest BCUT2D eigenvalue weighted by molar-refractivity contribution is 7.89. The summed E-state index contributed by atoms with van der Waals surface area (Å²) in [6.07, 6.45) is 0. The van der Waals surface area contributed by atoms with Crippen LogP contribution in [-0.4, -0.2) is 51.6 Å². The van der Waals surface area contributed by atoms with Crippen molar-refractivity contribution < 1.29 is 17.9 Å². The summed E-state index contributed by atoms with van der Waals surface area (Å²) in [6, 6.07) is 12.9. The molecule has 1 amide bonds. The standard InChI is InChI=1S/C21H26ClN3O4S/c1-16(24-30(27,28)20-7-5-19(22)6-8-20)21(26)23-14-17-3-2-4-18(13-17)15-25-9-11-29-12-10-25/h2-8,13,16,24H,9-12,14-15H2,1H3,(H,23,26)/t16-/m0/s1. The molecule has 162 valence electrons. The summed E-state index contributed by atoms with van der Waals surface area (Å²) in [6.45, 7) is 5.99. The Balaban J connectivity index is 1.53. The molecule has 1 aliphatic rings. The second kappa shape index (κ2) is 10.4. The molecular weight excluding hydrogens is 426 g/mol. The van der Waals surface area contributed by atoms with Gasteiger partial charge in [0.25, 0.3) is 0 Å². The fourth-order valence-electron chi connectivity index (χ4n) is 3.17. The van der Waals surface area contributed by atoms with E-state index in [1.54, 1.807) is 0 Å². The first-order chi connectivity index (χ1) is 14.3. The van der Waals surface area contributed by atoms with Gasteiger partial charge in [-0.1, -0.05) is 35.9 Å². The van der Waals surface area contributed by atoms with E-state index in [1.807, 2.05) is 12.1 Å². The first-order valence-electron chi connectivity index (χ1n) is 9.77. The number of hydrogen-bond donors (Lipinski definition) is 2. The third-order valence-corrected chi connectivity index (χ3v) is 6.63. The predicted octanol–water partition coefficient (Wildman–Crippen LogP) is 2.16. The van der Waals surface area contributed by atoms with Crippen molar-refractivity contribution in [2.75, 3.05) is 26.3 Å². The number of carbonyl (C=O) groups is 1. The summed E-state index contributed by atoms with van der Waals surface area (Å²) in [7, 11) is -3.81. The number of hydrogen-bond acceptors (Lipinski definition) is 5. The fourth-order valence-corrected chi connectivity index (χ4v) is 4.49. The Morgan fingerprint density at radius 3 is 2.50 bits per heavy atom. The number of ether oxygens (including phenoxy) is 1. The molecule has 1 fully saturated rings. The zero-order valence-corrected chi connectivity index (χ0v) is 18.4. The molecule has 7 nitrogen and oxygen atoms in total. The zero-order chi connectivity index (χ0) is 21.6. The lowest BCUT2D eigenvalue weighted by atomic mass is 10.1. The molecule has 0 aliphatic carbocycles. The highest BCUT2D eigenvalue weighted by atomic mass is 35.5. The molecule has 1 heterocycles. The quantitative estimate of drug-likeness (QED) is 0.642. The van der Waals surface area contributed by atoms with Crippen LogP contribution in [0.5, 0.6) is 0 Å². The zero-order valence-electron chi connectivity index (χ0n) is 16.8. The number of rotatable bonds is 8. The summed E-state index contributed by atoms with van der Waals surface area (Å²) in [5.74, 6) is -0.397. The number of carbonyl (C=O) groups excluding carboxylic acids is 1. The van der Waals surface area contributed by atoms with Gasteiger partial charge in [0.2, 0.25) is 15.9 Å². The van der Waals surface area contributed by atoms with Crippen LogP contribution in [0.15, 0.2) is 53.4 Å². The molecule has 0 saturated carbocycles. The SMILES string of the molecule is C[C@H](NS(=O)(=O)c1ccc(Cl)cc1)C(=O)NCc1cccc(CN2CCOCC2)c1. The number of sulfonamides is 1. The van der Waals surface area contributed by atoms with Gasteiger partial charge in [0.15, 0.2) is 0 Å². The van der Waals surface area contributed by atoms with Gasteiger partial charge in [-0.2, -0.15) is 4.72 Å². The van der Waals surface area contributed by atoms with Gasteiger partial charge in [0, 0.05) is 31.2 Å². The molecule has 2 aromatic rings. The summed E-state index contributed by atoms with van der Waals surface area (Å²) in [5.41, 5.74) is 2.13. The maximum atomic E-state index is 12.4. The monoisotopic (exact) mass is 451 g/mol. The fraction of sp³-hybridized carbons (Fsp3) is 0.381. The molecule has 0 spiro atoms. The van der Waals surface area contributed by atoms with Gasteiger partial charge >= 0.3 is 0 Å². The van der Waals surface area contributed by atoms with Crippen molar-refractivity contribution in [2.24, 2.45) is 0 Å². The Hall–Kier alpha value is -1.97. The molecular formula is C21H26ClN3O4S. The number of halogens is 1. The van der Waals surface area contributed by atoms with Gasteiger partial charge in [-0.3, -0.25) is 9.69 Å². The normalized spacial score (nSPS) is 16.2. The van der Waals surface area contributed by atoms with Gasteiger partial charge in [-0.05, 0) is 42.3 Å². The van der Waals surface area contributed by atoms with E-state index in [1.165, 1.54) is 36.8 Å². The van der Waals surface area contributed by atoms with Gasteiger partial charge in [0.1, 0.15) is 0 Å². The van der Waals surface area contributed by atoms with E-state index in [2.05, 4.69) is 27.1 Å². The molecule has 0 bridgehead atoms. The van der Waals surface area contributed by atoms with Gasteiger partial charge in [-0.15, -0.1) is 0 Å². The highest BCUT2D eigenvalue weighted by Gasteiger charge is 2.22. The van der Waals surface area contributed by atoms with Gasteiger partial charge < -0.3 is 10.1 Å². The smallest absolute Gasteiger partial charge is 0.241 e. The van der Waals surface area contributed by atoms with Gasteiger partial charge in [-0.25, -0.2) is 8.42 Å². The number of morpholine rings is 1. The van der Waals surface area contributed by atoms with Crippen LogP contribution in [0.25, 0.3) is 0 Å². The Morgan fingerprint density at radius 2 is 1.80 bits per heavy atom. The summed E-state index contributed by atoms with van der Waals surface area (Å²) in [5, 5.41) is 3.23. The summed E-state index contributed by atoms with van der Waals surface area (Å²) >= 11 is 5.80. The van der Waals surface area contributed by atoms with Crippen LogP contribution in [0.3, 0.4) is 0 Å². The maximum absolute atomic E-state index is 12.4. The van der Waals surface area contributed by atoms with Crippen molar-refractivity contribution >= 4 is 27.5 Å². The minimum Gasteiger partial charge on any atom is -0.379 e. The van der Waals surface area contributed by atoms with Crippen molar-refractivity contribution in [1.29, 1.82) is 0 Å². The van der Waals surface area contributed by atoms with Crippen molar-refractivity contribution in [3.05, 3.63) is 64.7 Å². The average molecular weight is 452 g/mol. The Labute approximate surface area is 182 Å². The minimum atomic E-state index is -3.81. The lowest BCUT2D eigenvalue weighted by molar-refractivity contribution is -0.122. The van der Waals surface area contributed by atoms with Crippen LogP contribution >= 0.6 is 11.6 Å². The number of nitrogens with zero attached hydrogens (tertiary/aromatic N) is 1. The van der Waals surface area contributed by atoms with Crippen LogP contribution in [0, 0.1) is 0 Å². The Kier molecular flexibility index (Phi) is 7.85. The molecule has 1 aliphatic heterocycles. The molecule has 1 atom stereocenters. The van der Waals surface area contributed by atoms with Crippen LogP contribution in [-0.2, 0) is 32.6 Å². The third-order valence-electron chi connectivity index (χ3n) is 4.82. The van der Waals surface area contributed by atoms with E-state index in [0.29, 0.717) is 11.6 Å². The second-order valence-electron chi connectivity index (χ2n) is 7.22.